The summed E-state index contributed by atoms with van der Waals surface area (Å²) in [6.07, 6.45) is 1.75. The van der Waals surface area contributed by atoms with Crippen LogP contribution in [0.15, 0.2) is 57.7 Å². The molecule has 3 aromatic rings. The van der Waals surface area contributed by atoms with Gasteiger partial charge in [-0.1, -0.05) is 37.6 Å². The number of amides is 1. The van der Waals surface area contributed by atoms with Crippen molar-refractivity contribution in [3.63, 3.8) is 0 Å². The fourth-order valence-corrected chi connectivity index (χ4v) is 3.16. The summed E-state index contributed by atoms with van der Waals surface area (Å²) >= 11 is 0. The van der Waals surface area contributed by atoms with Crippen molar-refractivity contribution in [3.05, 3.63) is 75.6 Å². The predicted octanol–water partition coefficient (Wildman–Crippen LogP) is 4.09. The highest BCUT2D eigenvalue weighted by Crippen LogP contribution is 2.23. The Morgan fingerprint density at radius 2 is 1.89 bits per heavy atom. The van der Waals surface area contributed by atoms with Crippen molar-refractivity contribution in [1.29, 1.82) is 0 Å². The van der Waals surface area contributed by atoms with Crippen molar-refractivity contribution in [2.24, 2.45) is 0 Å². The average Bonchev–Trinajstić information content (AvgIpc) is 2.67. The van der Waals surface area contributed by atoms with E-state index in [0.717, 1.165) is 34.9 Å². The molecule has 0 unspecified atom stereocenters. The van der Waals surface area contributed by atoms with Crippen LogP contribution in [0.3, 0.4) is 0 Å². The SMILES string of the molecule is CCCc1cc(=O)oc2cc(OCC(=O)N(C)Cc3ccccc3C)ccc12. The summed E-state index contributed by atoms with van der Waals surface area (Å²) in [5, 5.41) is 0.900. The van der Waals surface area contributed by atoms with Crippen LogP contribution in [0.25, 0.3) is 11.0 Å². The molecular formula is C23H25NO4. The van der Waals surface area contributed by atoms with E-state index in [1.165, 1.54) is 6.07 Å². The van der Waals surface area contributed by atoms with Crippen LogP contribution in [-0.2, 0) is 17.8 Å². The number of aryl methyl sites for hydroxylation is 2. The van der Waals surface area contributed by atoms with Crippen molar-refractivity contribution < 1.29 is 13.9 Å². The second-order valence-electron chi connectivity index (χ2n) is 6.96. The summed E-state index contributed by atoms with van der Waals surface area (Å²) in [5.41, 5.74) is 3.33. The van der Waals surface area contributed by atoms with E-state index in [1.54, 1.807) is 24.1 Å². The maximum Gasteiger partial charge on any atom is 0.336 e. The molecule has 0 saturated heterocycles. The number of hydrogen-bond acceptors (Lipinski definition) is 4. The van der Waals surface area contributed by atoms with E-state index in [9.17, 15) is 9.59 Å². The van der Waals surface area contributed by atoms with Crippen LogP contribution in [0.1, 0.15) is 30.0 Å². The minimum Gasteiger partial charge on any atom is -0.484 e. The standard InChI is InChI=1S/C23H25NO4/c1-4-7-17-12-23(26)28-21-13-19(10-11-20(17)21)27-15-22(25)24(3)14-18-9-6-5-8-16(18)2/h5-6,8-13H,4,7,14-15H2,1-3H3. The maximum absolute atomic E-state index is 12.4. The number of carbonyl (C=O) groups is 1. The highest BCUT2D eigenvalue weighted by molar-refractivity contribution is 5.82. The first-order chi connectivity index (χ1) is 13.5. The molecule has 0 aliphatic heterocycles. The van der Waals surface area contributed by atoms with E-state index in [-0.39, 0.29) is 18.1 Å². The third-order valence-electron chi connectivity index (χ3n) is 4.78. The molecule has 1 heterocycles. The molecule has 2 aromatic carbocycles. The molecule has 1 amide bonds. The van der Waals surface area contributed by atoms with Gasteiger partial charge in [0.1, 0.15) is 11.3 Å². The molecule has 0 aliphatic carbocycles. The Kier molecular flexibility index (Phi) is 6.14. The quantitative estimate of drug-likeness (QED) is 0.580. The zero-order chi connectivity index (χ0) is 20.1. The van der Waals surface area contributed by atoms with Gasteiger partial charge in [0.2, 0.25) is 0 Å². The van der Waals surface area contributed by atoms with Crippen LogP contribution in [0.2, 0.25) is 0 Å². The summed E-state index contributed by atoms with van der Waals surface area (Å²) in [6, 6.07) is 14.9. The minimum atomic E-state index is -0.373. The zero-order valence-electron chi connectivity index (χ0n) is 16.5. The molecule has 3 rings (SSSR count). The molecule has 0 fully saturated rings. The summed E-state index contributed by atoms with van der Waals surface area (Å²) in [4.78, 5) is 25.8. The lowest BCUT2D eigenvalue weighted by atomic mass is 10.1. The van der Waals surface area contributed by atoms with Gasteiger partial charge in [0, 0.05) is 31.1 Å². The Morgan fingerprint density at radius 1 is 1.11 bits per heavy atom. The van der Waals surface area contributed by atoms with Crippen LogP contribution >= 0.6 is 0 Å². The third kappa shape index (κ3) is 4.60. The molecule has 1 aromatic heterocycles. The van der Waals surface area contributed by atoms with Crippen LogP contribution < -0.4 is 10.4 Å². The summed E-state index contributed by atoms with van der Waals surface area (Å²) in [7, 11) is 1.76. The summed E-state index contributed by atoms with van der Waals surface area (Å²) in [5.74, 6) is 0.381. The van der Waals surface area contributed by atoms with Gasteiger partial charge in [0.15, 0.2) is 6.61 Å². The molecule has 146 valence electrons. The van der Waals surface area contributed by atoms with E-state index in [0.29, 0.717) is 17.9 Å². The number of ether oxygens (including phenoxy) is 1. The molecule has 0 spiro atoms. The highest BCUT2D eigenvalue weighted by Gasteiger charge is 2.12. The fourth-order valence-electron chi connectivity index (χ4n) is 3.16. The predicted molar refractivity (Wildman–Crippen MR) is 110 cm³/mol. The van der Waals surface area contributed by atoms with E-state index in [2.05, 4.69) is 6.92 Å². The van der Waals surface area contributed by atoms with E-state index >= 15 is 0 Å². The Labute approximate surface area is 164 Å². The third-order valence-corrected chi connectivity index (χ3v) is 4.78. The molecule has 0 N–H and O–H groups in total. The number of rotatable bonds is 7. The molecule has 0 bridgehead atoms. The molecule has 0 radical (unpaired) electrons. The lowest BCUT2D eigenvalue weighted by molar-refractivity contribution is -0.132. The first-order valence-electron chi connectivity index (χ1n) is 9.46. The first-order valence-corrected chi connectivity index (χ1v) is 9.46. The normalized spacial score (nSPS) is 10.8. The van der Waals surface area contributed by atoms with Gasteiger partial charge in [0.25, 0.3) is 5.91 Å². The van der Waals surface area contributed by atoms with E-state index in [1.807, 2.05) is 37.3 Å². The summed E-state index contributed by atoms with van der Waals surface area (Å²) in [6.45, 7) is 4.55. The van der Waals surface area contributed by atoms with E-state index in [4.69, 9.17) is 9.15 Å². The fraction of sp³-hybridized carbons (Fsp3) is 0.304. The second-order valence-corrected chi connectivity index (χ2v) is 6.96. The highest BCUT2D eigenvalue weighted by atomic mass is 16.5. The smallest absolute Gasteiger partial charge is 0.336 e. The average molecular weight is 379 g/mol. The Bertz CT molecular complexity index is 1040. The number of fused-ring (bicyclic) bond motifs is 1. The van der Waals surface area contributed by atoms with Crippen molar-refractivity contribution in [2.75, 3.05) is 13.7 Å². The van der Waals surface area contributed by atoms with Crippen molar-refractivity contribution >= 4 is 16.9 Å². The molecule has 0 atom stereocenters. The van der Waals surface area contributed by atoms with Crippen molar-refractivity contribution in [2.45, 2.75) is 33.2 Å². The van der Waals surface area contributed by atoms with Gasteiger partial charge in [0.05, 0.1) is 0 Å². The number of benzene rings is 2. The van der Waals surface area contributed by atoms with Crippen LogP contribution in [-0.4, -0.2) is 24.5 Å². The van der Waals surface area contributed by atoms with Gasteiger partial charge < -0.3 is 14.1 Å². The molecule has 28 heavy (non-hydrogen) atoms. The maximum atomic E-state index is 12.4. The second kappa shape index (κ2) is 8.74. The van der Waals surface area contributed by atoms with Crippen molar-refractivity contribution in [3.8, 4) is 5.75 Å². The van der Waals surface area contributed by atoms with Crippen molar-refractivity contribution in [1.82, 2.24) is 4.90 Å². The first kappa shape index (κ1) is 19.7. The zero-order valence-corrected chi connectivity index (χ0v) is 16.5. The lowest BCUT2D eigenvalue weighted by Crippen LogP contribution is -2.31. The Morgan fingerprint density at radius 3 is 2.64 bits per heavy atom. The monoisotopic (exact) mass is 379 g/mol. The Balaban J connectivity index is 1.68. The van der Waals surface area contributed by atoms with Crippen LogP contribution in [0, 0.1) is 6.92 Å². The van der Waals surface area contributed by atoms with Gasteiger partial charge in [-0.3, -0.25) is 4.79 Å². The topological polar surface area (TPSA) is 59.8 Å². The van der Waals surface area contributed by atoms with Crippen LogP contribution in [0.4, 0.5) is 0 Å². The molecular weight excluding hydrogens is 354 g/mol. The minimum absolute atomic E-state index is 0.0766. The van der Waals surface area contributed by atoms with Gasteiger partial charge in [-0.25, -0.2) is 4.79 Å². The van der Waals surface area contributed by atoms with Gasteiger partial charge in [-0.05, 0) is 42.2 Å². The van der Waals surface area contributed by atoms with Gasteiger partial charge in [-0.15, -0.1) is 0 Å². The number of hydrogen-bond donors (Lipinski definition) is 0. The number of nitrogens with zero attached hydrogens (tertiary/aromatic N) is 1. The lowest BCUT2D eigenvalue weighted by Gasteiger charge is -2.19. The molecule has 0 saturated carbocycles. The number of likely N-dealkylation sites (N-methyl/N-ethyl adjacent to an activating group) is 1. The summed E-state index contributed by atoms with van der Waals surface area (Å²) < 4.78 is 11.0. The number of carbonyl (C=O) groups excluding carboxylic acids is 1. The molecule has 0 aliphatic rings. The molecule has 5 heteroatoms. The van der Waals surface area contributed by atoms with Gasteiger partial charge in [-0.2, -0.15) is 0 Å². The Hall–Kier alpha value is -3.08. The van der Waals surface area contributed by atoms with Crippen LogP contribution in [0.5, 0.6) is 5.75 Å². The largest absolute Gasteiger partial charge is 0.484 e. The van der Waals surface area contributed by atoms with E-state index < -0.39 is 0 Å². The van der Waals surface area contributed by atoms with Gasteiger partial charge >= 0.3 is 5.63 Å². The molecule has 5 nitrogen and oxygen atoms in total.